The molecule has 1 aromatic carbocycles. The fourth-order valence-electron chi connectivity index (χ4n) is 1.73. The first-order valence-corrected chi connectivity index (χ1v) is 6.74. The van der Waals surface area contributed by atoms with Crippen LogP contribution >= 0.6 is 0 Å². The third-order valence-corrected chi connectivity index (χ3v) is 2.79. The highest BCUT2D eigenvalue weighted by molar-refractivity contribution is 5.41. The highest BCUT2D eigenvalue weighted by atomic mass is 16.5. The molecule has 0 heterocycles. The summed E-state index contributed by atoms with van der Waals surface area (Å²) >= 11 is 0. The van der Waals surface area contributed by atoms with E-state index in [1.165, 1.54) is 0 Å². The molecule has 0 aliphatic carbocycles. The van der Waals surface area contributed by atoms with Gasteiger partial charge in [0.1, 0.15) is 18.1 Å². The van der Waals surface area contributed by atoms with Gasteiger partial charge in [0.25, 0.3) is 0 Å². The second-order valence-corrected chi connectivity index (χ2v) is 4.39. The molecule has 0 saturated heterocycles. The lowest BCUT2D eigenvalue weighted by molar-refractivity contribution is 0.0794. The minimum atomic E-state index is -0.585. The van der Waals surface area contributed by atoms with Gasteiger partial charge in [0.05, 0.1) is 19.8 Å². The van der Waals surface area contributed by atoms with Crippen molar-refractivity contribution in [3.05, 3.63) is 23.8 Å². The van der Waals surface area contributed by atoms with E-state index in [0.29, 0.717) is 37.9 Å². The minimum Gasteiger partial charge on any atom is -0.497 e. The van der Waals surface area contributed by atoms with Crippen molar-refractivity contribution in [1.29, 1.82) is 0 Å². The Kier molecular flexibility index (Phi) is 8.02. The van der Waals surface area contributed by atoms with Gasteiger partial charge in [-0.2, -0.15) is 0 Å². The summed E-state index contributed by atoms with van der Waals surface area (Å²) in [7, 11) is 3.27. The van der Waals surface area contributed by atoms with E-state index in [1.807, 2.05) is 0 Å². The fraction of sp³-hybridized carbons (Fsp3) is 0.600. The van der Waals surface area contributed by atoms with Gasteiger partial charge in [0.15, 0.2) is 0 Å². The number of hydrogen-bond acceptors (Lipinski definition) is 5. The fourth-order valence-corrected chi connectivity index (χ4v) is 1.73. The van der Waals surface area contributed by atoms with Gasteiger partial charge in [0.2, 0.25) is 0 Å². The molecular formula is C15H24O5. The van der Waals surface area contributed by atoms with Crippen molar-refractivity contribution in [2.24, 2.45) is 0 Å². The molecule has 0 spiro atoms. The normalized spacial score (nSPS) is 12.2. The van der Waals surface area contributed by atoms with Gasteiger partial charge in [-0.05, 0) is 25.5 Å². The van der Waals surface area contributed by atoms with E-state index in [0.717, 1.165) is 12.0 Å². The Hall–Kier alpha value is -1.30. The molecule has 0 radical (unpaired) electrons. The third-order valence-electron chi connectivity index (χ3n) is 2.79. The minimum absolute atomic E-state index is 0.430. The van der Waals surface area contributed by atoms with Gasteiger partial charge >= 0.3 is 0 Å². The van der Waals surface area contributed by atoms with Gasteiger partial charge in [-0.15, -0.1) is 0 Å². The Morgan fingerprint density at radius 3 is 2.55 bits per heavy atom. The van der Waals surface area contributed by atoms with Crippen LogP contribution in [0.4, 0.5) is 0 Å². The summed E-state index contributed by atoms with van der Waals surface area (Å²) in [6, 6.07) is 5.38. The summed E-state index contributed by atoms with van der Waals surface area (Å²) in [6.07, 6.45) is 0.285. The molecule has 20 heavy (non-hydrogen) atoms. The van der Waals surface area contributed by atoms with E-state index in [-0.39, 0.29) is 0 Å². The average Bonchev–Trinajstić information content (AvgIpc) is 2.45. The summed E-state index contributed by atoms with van der Waals surface area (Å²) in [6.45, 7) is 3.98. The smallest absolute Gasteiger partial charge is 0.128 e. The molecule has 0 amide bonds. The summed E-state index contributed by atoms with van der Waals surface area (Å²) in [5.41, 5.74) is 0.741. The molecule has 1 rings (SSSR count). The molecule has 0 aliphatic heterocycles. The van der Waals surface area contributed by atoms with Crippen molar-refractivity contribution >= 4 is 0 Å². The maximum absolute atomic E-state index is 9.70. The van der Waals surface area contributed by atoms with Gasteiger partial charge in [-0.3, -0.25) is 0 Å². The Balaban J connectivity index is 2.41. The number of aliphatic hydroxyl groups is 1. The van der Waals surface area contributed by atoms with Crippen molar-refractivity contribution in [2.75, 3.05) is 40.6 Å². The van der Waals surface area contributed by atoms with E-state index < -0.39 is 6.10 Å². The Bertz CT molecular complexity index is 379. The second kappa shape index (κ2) is 9.58. The first kappa shape index (κ1) is 16.8. The maximum Gasteiger partial charge on any atom is 0.128 e. The van der Waals surface area contributed by atoms with Crippen LogP contribution < -0.4 is 9.47 Å². The highest BCUT2D eigenvalue weighted by Gasteiger charge is 2.10. The number of hydrogen-bond donors (Lipinski definition) is 1. The first-order chi connectivity index (χ1) is 9.69. The largest absolute Gasteiger partial charge is 0.497 e. The molecule has 0 aliphatic rings. The van der Waals surface area contributed by atoms with Crippen LogP contribution in [0.15, 0.2) is 18.2 Å². The Labute approximate surface area is 120 Å². The third kappa shape index (κ3) is 5.77. The molecule has 0 aromatic heterocycles. The molecule has 1 atom stereocenters. The quantitative estimate of drug-likeness (QED) is 0.667. The van der Waals surface area contributed by atoms with Gasteiger partial charge in [-0.1, -0.05) is 0 Å². The number of methoxy groups -OCH3 is 2. The zero-order chi connectivity index (χ0) is 14.8. The van der Waals surface area contributed by atoms with Crippen LogP contribution in [0.2, 0.25) is 0 Å². The van der Waals surface area contributed by atoms with E-state index in [4.69, 9.17) is 18.9 Å². The van der Waals surface area contributed by atoms with Crippen molar-refractivity contribution < 1.29 is 24.1 Å². The zero-order valence-corrected chi connectivity index (χ0v) is 12.4. The topological polar surface area (TPSA) is 57.2 Å². The molecule has 1 N–H and O–H groups in total. The molecule has 5 heteroatoms. The van der Waals surface area contributed by atoms with Crippen molar-refractivity contribution in [1.82, 2.24) is 0 Å². The number of rotatable bonds is 10. The second-order valence-electron chi connectivity index (χ2n) is 4.39. The Morgan fingerprint density at radius 2 is 1.90 bits per heavy atom. The van der Waals surface area contributed by atoms with E-state index in [2.05, 4.69) is 0 Å². The van der Waals surface area contributed by atoms with Crippen LogP contribution in [0.5, 0.6) is 11.5 Å². The molecular weight excluding hydrogens is 260 g/mol. The van der Waals surface area contributed by atoms with Crippen LogP contribution in [0.1, 0.15) is 25.0 Å². The lowest BCUT2D eigenvalue weighted by Gasteiger charge is -2.14. The molecule has 114 valence electrons. The number of benzene rings is 1. The molecule has 5 nitrogen and oxygen atoms in total. The summed E-state index contributed by atoms with van der Waals surface area (Å²) in [5, 5.41) is 9.70. The van der Waals surface area contributed by atoms with E-state index in [1.54, 1.807) is 39.3 Å². The number of ether oxygens (including phenoxy) is 4. The van der Waals surface area contributed by atoms with Crippen LogP contribution in [0, 0.1) is 0 Å². The summed E-state index contributed by atoms with van der Waals surface area (Å²) in [5.74, 6) is 1.32. The SMILES string of the molecule is COCCCOCCOc1cc(OC)ccc1C(C)O. The van der Waals surface area contributed by atoms with Crippen LogP contribution in [-0.2, 0) is 9.47 Å². The zero-order valence-electron chi connectivity index (χ0n) is 12.4. The standard InChI is InChI=1S/C15H24O5/c1-12(16)14-6-5-13(18-3)11-15(14)20-10-9-19-8-4-7-17-2/h5-6,11-12,16H,4,7-10H2,1-3H3. The summed E-state index contributed by atoms with van der Waals surface area (Å²) in [4.78, 5) is 0. The van der Waals surface area contributed by atoms with Crippen LogP contribution in [-0.4, -0.2) is 45.8 Å². The average molecular weight is 284 g/mol. The van der Waals surface area contributed by atoms with Crippen LogP contribution in [0.3, 0.4) is 0 Å². The van der Waals surface area contributed by atoms with Crippen LogP contribution in [0.25, 0.3) is 0 Å². The molecule has 0 bridgehead atoms. The predicted octanol–water partition coefficient (Wildman–Crippen LogP) is 2.18. The van der Waals surface area contributed by atoms with Gasteiger partial charge in [0, 0.05) is 32.0 Å². The maximum atomic E-state index is 9.70. The van der Waals surface area contributed by atoms with Gasteiger partial charge in [-0.25, -0.2) is 0 Å². The van der Waals surface area contributed by atoms with Crippen molar-refractivity contribution in [3.63, 3.8) is 0 Å². The van der Waals surface area contributed by atoms with Crippen molar-refractivity contribution in [2.45, 2.75) is 19.4 Å². The van der Waals surface area contributed by atoms with E-state index in [9.17, 15) is 5.11 Å². The predicted molar refractivity (Wildman–Crippen MR) is 76.4 cm³/mol. The lowest BCUT2D eigenvalue weighted by Crippen LogP contribution is -2.10. The van der Waals surface area contributed by atoms with E-state index >= 15 is 0 Å². The lowest BCUT2D eigenvalue weighted by atomic mass is 10.1. The highest BCUT2D eigenvalue weighted by Crippen LogP contribution is 2.29. The van der Waals surface area contributed by atoms with Crippen molar-refractivity contribution in [3.8, 4) is 11.5 Å². The molecule has 1 unspecified atom stereocenters. The summed E-state index contributed by atoms with van der Waals surface area (Å²) < 4.78 is 21.2. The molecule has 0 fully saturated rings. The monoisotopic (exact) mass is 284 g/mol. The molecule has 0 saturated carbocycles. The first-order valence-electron chi connectivity index (χ1n) is 6.74. The number of aliphatic hydroxyl groups excluding tert-OH is 1. The Morgan fingerprint density at radius 1 is 1.10 bits per heavy atom. The van der Waals surface area contributed by atoms with Gasteiger partial charge < -0.3 is 24.1 Å². The molecule has 1 aromatic rings.